The zero-order valence-electron chi connectivity index (χ0n) is 14.9. The van der Waals surface area contributed by atoms with Gasteiger partial charge in [-0.15, -0.1) is 0 Å². The average molecular weight is 329 g/mol. The van der Waals surface area contributed by atoms with Crippen LogP contribution in [-0.4, -0.2) is 0 Å². The highest BCUT2D eigenvalue weighted by Crippen LogP contribution is 2.37. The molecule has 0 spiro atoms. The maximum atomic E-state index is 10.6. The number of benzene rings is 2. The van der Waals surface area contributed by atoms with Crippen molar-refractivity contribution in [1.82, 2.24) is 0 Å². The van der Waals surface area contributed by atoms with Gasteiger partial charge in [0.25, 0.3) is 0 Å². The fourth-order valence-electron chi connectivity index (χ4n) is 2.63. The predicted molar refractivity (Wildman–Crippen MR) is 98.9 cm³/mol. The minimum atomic E-state index is -0.771. The second-order valence-electron chi connectivity index (χ2n) is 7.97. The Kier molecular flexibility index (Phi) is 4.96. The molecule has 0 radical (unpaired) electrons. The summed E-state index contributed by atoms with van der Waals surface area (Å²) < 4.78 is 15.6. The molecule has 122 valence electrons. The van der Waals surface area contributed by atoms with E-state index in [9.17, 15) is 4.57 Å². The molecule has 0 aliphatic rings. The van der Waals surface area contributed by atoms with Gasteiger partial charge in [-0.05, 0) is 49.8 Å². The molecule has 3 heteroatoms. The third-order valence-electron chi connectivity index (χ3n) is 4.02. The van der Waals surface area contributed by atoms with Gasteiger partial charge in [0.05, 0.1) is 0 Å². The quantitative estimate of drug-likeness (QED) is 0.621. The Labute approximate surface area is 141 Å². The molecule has 1 atom stereocenters. The monoisotopic (exact) mass is 329 g/mol. The summed E-state index contributed by atoms with van der Waals surface area (Å²) in [4.78, 5) is 0. The van der Waals surface area contributed by atoms with E-state index in [1.165, 1.54) is 16.7 Å². The van der Waals surface area contributed by atoms with Crippen LogP contribution >= 0.6 is 8.69 Å². The van der Waals surface area contributed by atoms with Crippen molar-refractivity contribution in [2.75, 3.05) is 0 Å². The van der Waals surface area contributed by atoms with Gasteiger partial charge in [-0.1, -0.05) is 71.9 Å². The van der Waals surface area contributed by atoms with E-state index in [0.717, 1.165) is 5.56 Å². The van der Waals surface area contributed by atoms with E-state index >= 15 is 0 Å². The first-order chi connectivity index (χ1) is 10.6. The second-order valence-corrected chi connectivity index (χ2v) is 8.34. The van der Waals surface area contributed by atoms with Crippen LogP contribution in [0, 0.1) is 0 Å². The molecular formula is C20H26O2P+. The summed E-state index contributed by atoms with van der Waals surface area (Å²) in [7, 11) is -0.771. The fraction of sp³-hybridized carbons (Fsp3) is 0.400. The highest BCUT2D eigenvalue weighted by atomic mass is 31.1. The zero-order valence-corrected chi connectivity index (χ0v) is 15.9. The maximum Gasteiger partial charge on any atom is 0.542 e. The first kappa shape index (κ1) is 17.7. The highest BCUT2D eigenvalue weighted by Gasteiger charge is 2.22. The molecule has 0 aliphatic heterocycles. The van der Waals surface area contributed by atoms with E-state index in [0.29, 0.717) is 5.75 Å². The fourth-order valence-corrected chi connectivity index (χ4v) is 2.87. The van der Waals surface area contributed by atoms with E-state index < -0.39 is 8.69 Å². The van der Waals surface area contributed by atoms with Crippen LogP contribution in [-0.2, 0) is 15.4 Å². The van der Waals surface area contributed by atoms with Crippen LogP contribution in [0.4, 0.5) is 0 Å². The van der Waals surface area contributed by atoms with Crippen molar-refractivity contribution in [3.8, 4) is 16.9 Å². The number of rotatable bonds is 3. The van der Waals surface area contributed by atoms with Crippen LogP contribution in [0.5, 0.6) is 5.75 Å². The SMILES string of the molecule is CC(C)(C)c1ccc(-c2ccc(O[PH+]=O)cc2)c(C(C)(C)C)c1. The zero-order chi connectivity index (χ0) is 17.3. The van der Waals surface area contributed by atoms with Gasteiger partial charge in [0.2, 0.25) is 0 Å². The standard InChI is InChI=1S/C20H26O2P/c1-19(2,3)15-9-12-17(18(13-15)20(4,5)6)14-7-10-16(11-8-14)22-23-21/h7-13,23H,1-6H3/q+1. The Morgan fingerprint density at radius 3 is 1.91 bits per heavy atom. The summed E-state index contributed by atoms with van der Waals surface area (Å²) in [5, 5.41) is 0. The summed E-state index contributed by atoms with van der Waals surface area (Å²) in [5.41, 5.74) is 5.26. The van der Waals surface area contributed by atoms with Crippen molar-refractivity contribution in [2.45, 2.75) is 52.4 Å². The minimum absolute atomic E-state index is 0.0577. The minimum Gasteiger partial charge on any atom is -0.256 e. The Morgan fingerprint density at radius 2 is 1.43 bits per heavy atom. The van der Waals surface area contributed by atoms with E-state index in [2.05, 4.69) is 59.7 Å². The van der Waals surface area contributed by atoms with E-state index in [1.807, 2.05) is 24.3 Å². The summed E-state index contributed by atoms with van der Waals surface area (Å²) in [6, 6.07) is 14.5. The van der Waals surface area contributed by atoms with Crippen molar-refractivity contribution < 1.29 is 9.09 Å². The van der Waals surface area contributed by atoms with Gasteiger partial charge in [0.15, 0.2) is 5.75 Å². The lowest BCUT2D eigenvalue weighted by Gasteiger charge is -2.27. The van der Waals surface area contributed by atoms with Crippen LogP contribution < -0.4 is 4.52 Å². The first-order valence-corrected chi connectivity index (χ1v) is 8.74. The molecule has 0 amide bonds. The molecule has 0 bridgehead atoms. The Balaban J connectivity index is 2.55. The van der Waals surface area contributed by atoms with Gasteiger partial charge in [-0.2, -0.15) is 0 Å². The molecule has 1 unspecified atom stereocenters. The lowest BCUT2D eigenvalue weighted by atomic mass is 9.77. The van der Waals surface area contributed by atoms with Crippen LogP contribution in [0.2, 0.25) is 0 Å². The molecular weight excluding hydrogens is 303 g/mol. The molecule has 0 aromatic heterocycles. The van der Waals surface area contributed by atoms with E-state index in [-0.39, 0.29) is 10.8 Å². The van der Waals surface area contributed by atoms with Crippen molar-refractivity contribution in [2.24, 2.45) is 0 Å². The molecule has 2 aromatic carbocycles. The Hall–Kier alpha value is -1.66. The largest absolute Gasteiger partial charge is 0.542 e. The third kappa shape index (κ3) is 4.20. The lowest BCUT2D eigenvalue weighted by molar-refractivity contribution is 0.525. The van der Waals surface area contributed by atoms with Gasteiger partial charge in [-0.3, -0.25) is 4.52 Å². The molecule has 0 fully saturated rings. The molecule has 2 aromatic rings. The molecule has 0 N–H and O–H groups in total. The summed E-state index contributed by atoms with van der Waals surface area (Å²) in [6.45, 7) is 13.5. The Morgan fingerprint density at radius 1 is 0.826 bits per heavy atom. The average Bonchev–Trinajstić information content (AvgIpc) is 2.46. The summed E-state index contributed by atoms with van der Waals surface area (Å²) in [5.74, 6) is 0.630. The molecule has 0 saturated heterocycles. The second kappa shape index (κ2) is 6.45. The molecule has 0 aliphatic carbocycles. The van der Waals surface area contributed by atoms with Crippen LogP contribution in [0.15, 0.2) is 42.5 Å². The highest BCUT2D eigenvalue weighted by molar-refractivity contribution is 7.17. The van der Waals surface area contributed by atoms with Gasteiger partial charge in [0.1, 0.15) is 0 Å². The van der Waals surface area contributed by atoms with Crippen LogP contribution in [0.25, 0.3) is 11.1 Å². The number of hydrogen-bond donors (Lipinski definition) is 0. The molecule has 0 heterocycles. The van der Waals surface area contributed by atoms with E-state index in [4.69, 9.17) is 4.52 Å². The Bertz CT molecular complexity index is 689. The number of hydrogen-bond acceptors (Lipinski definition) is 2. The molecule has 0 saturated carbocycles. The smallest absolute Gasteiger partial charge is 0.256 e. The summed E-state index contributed by atoms with van der Waals surface area (Å²) >= 11 is 0. The third-order valence-corrected chi connectivity index (χ3v) is 4.34. The summed E-state index contributed by atoms with van der Waals surface area (Å²) in [6.07, 6.45) is 0. The van der Waals surface area contributed by atoms with Crippen molar-refractivity contribution in [1.29, 1.82) is 0 Å². The van der Waals surface area contributed by atoms with Crippen molar-refractivity contribution in [3.05, 3.63) is 53.6 Å². The van der Waals surface area contributed by atoms with Crippen molar-refractivity contribution in [3.63, 3.8) is 0 Å². The van der Waals surface area contributed by atoms with Gasteiger partial charge in [-0.25, -0.2) is 0 Å². The van der Waals surface area contributed by atoms with Crippen molar-refractivity contribution >= 4 is 8.69 Å². The predicted octanol–water partition coefficient (Wildman–Crippen LogP) is 6.27. The lowest BCUT2D eigenvalue weighted by Crippen LogP contribution is -2.17. The molecule has 2 rings (SSSR count). The maximum absolute atomic E-state index is 10.6. The molecule has 23 heavy (non-hydrogen) atoms. The van der Waals surface area contributed by atoms with Crippen LogP contribution in [0.3, 0.4) is 0 Å². The first-order valence-electron chi connectivity index (χ1n) is 7.92. The van der Waals surface area contributed by atoms with Gasteiger partial charge < -0.3 is 0 Å². The molecule has 2 nitrogen and oxygen atoms in total. The topological polar surface area (TPSA) is 26.3 Å². The van der Waals surface area contributed by atoms with E-state index in [1.54, 1.807) is 0 Å². The van der Waals surface area contributed by atoms with Crippen LogP contribution in [0.1, 0.15) is 52.7 Å². The normalized spacial score (nSPS) is 12.4. The van der Waals surface area contributed by atoms with Gasteiger partial charge >= 0.3 is 8.69 Å². The van der Waals surface area contributed by atoms with Gasteiger partial charge in [0, 0.05) is 0 Å².